The molecule has 0 radical (unpaired) electrons. The zero-order chi connectivity index (χ0) is 10.7. The highest BCUT2D eigenvalue weighted by Crippen LogP contribution is 2.15. The van der Waals surface area contributed by atoms with Crippen molar-refractivity contribution in [2.45, 2.75) is 12.5 Å². The summed E-state index contributed by atoms with van der Waals surface area (Å²) in [6, 6.07) is 9.93. The Balaban J connectivity index is 2.11. The third-order valence-electron chi connectivity index (χ3n) is 2.43. The lowest BCUT2D eigenvalue weighted by Gasteiger charge is -2.10. The normalized spacial score (nSPS) is 12.7. The van der Waals surface area contributed by atoms with E-state index in [0.717, 1.165) is 5.56 Å². The van der Waals surface area contributed by atoms with Gasteiger partial charge in [0.25, 0.3) is 0 Å². The van der Waals surface area contributed by atoms with Gasteiger partial charge < -0.3 is 9.67 Å². The van der Waals surface area contributed by atoms with Crippen molar-refractivity contribution in [2.75, 3.05) is 0 Å². The van der Waals surface area contributed by atoms with Crippen LogP contribution in [-0.4, -0.2) is 14.7 Å². The minimum atomic E-state index is -0.535. The fourth-order valence-corrected chi connectivity index (χ4v) is 1.63. The molecule has 1 aromatic carbocycles. The molecule has 0 aliphatic heterocycles. The first kappa shape index (κ1) is 9.93. The maximum atomic E-state index is 9.96. The topological polar surface area (TPSA) is 38.0 Å². The van der Waals surface area contributed by atoms with E-state index in [9.17, 15) is 5.11 Å². The summed E-state index contributed by atoms with van der Waals surface area (Å²) >= 11 is 0. The molecule has 0 saturated carbocycles. The minimum absolute atomic E-state index is 0.535. The van der Waals surface area contributed by atoms with Crippen molar-refractivity contribution >= 4 is 0 Å². The van der Waals surface area contributed by atoms with E-state index in [1.54, 1.807) is 6.20 Å². The van der Waals surface area contributed by atoms with Crippen LogP contribution in [0.1, 0.15) is 17.5 Å². The van der Waals surface area contributed by atoms with Crippen molar-refractivity contribution in [3.63, 3.8) is 0 Å². The van der Waals surface area contributed by atoms with Crippen LogP contribution < -0.4 is 0 Å². The van der Waals surface area contributed by atoms with Gasteiger partial charge in [-0.3, -0.25) is 0 Å². The molecule has 2 aromatic rings. The predicted octanol–water partition coefficient (Wildman–Crippen LogP) is 1.70. The van der Waals surface area contributed by atoms with Crippen LogP contribution in [0.5, 0.6) is 0 Å². The van der Waals surface area contributed by atoms with E-state index in [0.29, 0.717) is 12.2 Å². The molecule has 3 nitrogen and oxygen atoms in total. The van der Waals surface area contributed by atoms with Gasteiger partial charge in [0.15, 0.2) is 0 Å². The molecule has 2 rings (SSSR count). The lowest BCUT2D eigenvalue weighted by atomic mass is 10.1. The number of hydrogen-bond acceptors (Lipinski definition) is 2. The Bertz CT molecular complexity index is 422. The van der Waals surface area contributed by atoms with Crippen LogP contribution in [0.3, 0.4) is 0 Å². The Hall–Kier alpha value is -1.61. The van der Waals surface area contributed by atoms with Crippen molar-refractivity contribution in [3.05, 3.63) is 54.1 Å². The second-order valence-electron chi connectivity index (χ2n) is 3.60. The van der Waals surface area contributed by atoms with Gasteiger partial charge in [-0.15, -0.1) is 0 Å². The molecule has 1 atom stereocenters. The zero-order valence-corrected chi connectivity index (χ0v) is 8.67. The Kier molecular flexibility index (Phi) is 2.83. The number of aromatic nitrogens is 2. The molecule has 15 heavy (non-hydrogen) atoms. The van der Waals surface area contributed by atoms with E-state index in [1.807, 2.05) is 48.1 Å². The first-order chi connectivity index (χ1) is 7.27. The Morgan fingerprint density at radius 2 is 2.07 bits per heavy atom. The van der Waals surface area contributed by atoms with Crippen molar-refractivity contribution in [3.8, 4) is 0 Å². The Morgan fingerprint density at radius 1 is 1.33 bits per heavy atom. The van der Waals surface area contributed by atoms with Gasteiger partial charge in [-0.05, 0) is 5.56 Å². The molecule has 78 valence electrons. The van der Waals surface area contributed by atoms with Gasteiger partial charge in [0.05, 0.1) is 0 Å². The average molecular weight is 202 g/mol. The largest absolute Gasteiger partial charge is 0.385 e. The second-order valence-corrected chi connectivity index (χ2v) is 3.60. The second kappa shape index (κ2) is 4.28. The molecule has 0 bridgehead atoms. The quantitative estimate of drug-likeness (QED) is 0.822. The van der Waals surface area contributed by atoms with Crippen LogP contribution in [0.15, 0.2) is 42.7 Å². The smallest absolute Gasteiger partial charge is 0.137 e. The van der Waals surface area contributed by atoms with Gasteiger partial charge in [0.2, 0.25) is 0 Å². The first-order valence-electron chi connectivity index (χ1n) is 4.96. The summed E-state index contributed by atoms with van der Waals surface area (Å²) in [5, 5.41) is 9.96. The number of hydrogen-bond donors (Lipinski definition) is 1. The molecule has 0 aliphatic rings. The summed E-state index contributed by atoms with van der Waals surface area (Å²) in [4.78, 5) is 4.12. The fourth-order valence-electron chi connectivity index (χ4n) is 1.63. The number of aliphatic hydroxyl groups is 1. The monoisotopic (exact) mass is 202 g/mol. The van der Waals surface area contributed by atoms with Gasteiger partial charge in [-0.2, -0.15) is 0 Å². The van der Waals surface area contributed by atoms with Crippen LogP contribution in [0.25, 0.3) is 0 Å². The van der Waals surface area contributed by atoms with E-state index in [2.05, 4.69) is 4.98 Å². The van der Waals surface area contributed by atoms with Gasteiger partial charge >= 0.3 is 0 Å². The van der Waals surface area contributed by atoms with E-state index in [4.69, 9.17) is 0 Å². The summed E-state index contributed by atoms with van der Waals surface area (Å²) < 4.78 is 1.84. The highest BCUT2D eigenvalue weighted by Gasteiger charge is 2.12. The number of aryl methyl sites for hydroxylation is 1. The molecule has 0 aliphatic carbocycles. The summed E-state index contributed by atoms with van der Waals surface area (Å²) in [5.74, 6) is 0.707. The van der Waals surface area contributed by atoms with Crippen LogP contribution in [-0.2, 0) is 13.5 Å². The zero-order valence-electron chi connectivity index (χ0n) is 8.67. The molecule has 0 amide bonds. The number of aliphatic hydroxyl groups excluding tert-OH is 1. The number of rotatable bonds is 3. The number of nitrogens with zero attached hydrogens (tertiary/aromatic N) is 2. The van der Waals surface area contributed by atoms with Crippen molar-refractivity contribution < 1.29 is 5.11 Å². The van der Waals surface area contributed by atoms with E-state index >= 15 is 0 Å². The first-order valence-corrected chi connectivity index (χ1v) is 4.96. The molecule has 0 saturated heterocycles. The maximum Gasteiger partial charge on any atom is 0.137 e. The number of benzene rings is 1. The summed E-state index contributed by atoms with van der Waals surface area (Å²) in [6.45, 7) is 0. The summed E-state index contributed by atoms with van der Waals surface area (Å²) in [5.41, 5.74) is 1.12. The SMILES string of the molecule is Cn1ccnc1[C@H](O)Cc1ccccc1. The molecule has 1 heterocycles. The minimum Gasteiger partial charge on any atom is -0.385 e. The van der Waals surface area contributed by atoms with Crippen molar-refractivity contribution in [1.82, 2.24) is 9.55 Å². The van der Waals surface area contributed by atoms with Gasteiger partial charge in [0, 0.05) is 25.9 Å². The fraction of sp³-hybridized carbons (Fsp3) is 0.250. The van der Waals surface area contributed by atoms with Gasteiger partial charge in [-0.1, -0.05) is 30.3 Å². The van der Waals surface area contributed by atoms with Crippen LogP contribution in [0, 0.1) is 0 Å². The Morgan fingerprint density at radius 3 is 2.67 bits per heavy atom. The van der Waals surface area contributed by atoms with E-state index < -0.39 is 6.10 Å². The summed E-state index contributed by atoms with van der Waals surface area (Å²) in [6.07, 6.45) is 3.60. The van der Waals surface area contributed by atoms with Crippen LogP contribution >= 0.6 is 0 Å². The van der Waals surface area contributed by atoms with Gasteiger partial charge in [0.1, 0.15) is 11.9 Å². The lowest BCUT2D eigenvalue weighted by molar-refractivity contribution is 0.165. The molecule has 0 spiro atoms. The molecule has 1 N–H and O–H groups in total. The van der Waals surface area contributed by atoms with Crippen molar-refractivity contribution in [1.29, 1.82) is 0 Å². The van der Waals surface area contributed by atoms with Crippen LogP contribution in [0.4, 0.5) is 0 Å². The predicted molar refractivity (Wildman–Crippen MR) is 58.3 cm³/mol. The van der Waals surface area contributed by atoms with Crippen molar-refractivity contribution in [2.24, 2.45) is 7.05 Å². The standard InChI is InChI=1S/C12H14N2O/c1-14-8-7-13-12(14)11(15)9-10-5-3-2-4-6-10/h2-8,11,15H,9H2,1H3/t11-/m1/s1. The number of imidazole rings is 1. The third-order valence-corrected chi connectivity index (χ3v) is 2.43. The highest BCUT2D eigenvalue weighted by atomic mass is 16.3. The van der Waals surface area contributed by atoms with E-state index in [-0.39, 0.29) is 0 Å². The molecule has 0 fully saturated rings. The van der Waals surface area contributed by atoms with Gasteiger partial charge in [-0.25, -0.2) is 4.98 Å². The Labute approximate surface area is 89.0 Å². The molecular weight excluding hydrogens is 188 g/mol. The molecular formula is C12H14N2O. The lowest BCUT2D eigenvalue weighted by Crippen LogP contribution is -2.08. The highest BCUT2D eigenvalue weighted by molar-refractivity contribution is 5.16. The van der Waals surface area contributed by atoms with E-state index in [1.165, 1.54) is 0 Å². The summed E-state index contributed by atoms with van der Waals surface area (Å²) in [7, 11) is 1.89. The molecule has 1 aromatic heterocycles. The molecule has 0 unspecified atom stereocenters. The van der Waals surface area contributed by atoms with Crippen LogP contribution in [0.2, 0.25) is 0 Å². The maximum absolute atomic E-state index is 9.96. The third kappa shape index (κ3) is 2.25. The average Bonchev–Trinajstić information content (AvgIpc) is 2.66. The molecule has 3 heteroatoms.